The molecule has 0 unspecified atom stereocenters. The van der Waals surface area contributed by atoms with Crippen molar-refractivity contribution in [3.63, 3.8) is 0 Å². The van der Waals surface area contributed by atoms with E-state index in [2.05, 4.69) is 26.6 Å². The highest BCUT2D eigenvalue weighted by molar-refractivity contribution is 9.10. The molecule has 0 rings (SSSR count). The zero-order chi connectivity index (χ0) is 12.7. The summed E-state index contributed by atoms with van der Waals surface area (Å²) in [5.74, 6) is -1.83. The summed E-state index contributed by atoms with van der Waals surface area (Å²) in [6, 6.07) is 0. The minimum Gasteiger partial charge on any atom is -0.480 e. The molecule has 3 N–H and O–H groups in total. The van der Waals surface area contributed by atoms with Crippen molar-refractivity contribution in [1.82, 2.24) is 10.6 Å². The Morgan fingerprint density at radius 3 is 2.19 bits per heavy atom. The first-order valence-electron chi connectivity index (χ1n) is 4.75. The van der Waals surface area contributed by atoms with Crippen LogP contribution < -0.4 is 10.6 Å². The number of rotatable bonds is 6. The molecule has 7 heteroatoms. The molecule has 0 spiro atoms. The van der Waals surface area contributed by atoms with Crippen LogP contribution in [0.5, 0.6) is 0 Å². The Labute approximate surface area is 102 Å². The SMILES string of the molecule is CC(C)[C@H](Br)C(=O)NCC(=O)NCC(=O)O. The first-order valence-corrected chi connectivity index (χ1v) is 5.66. The largest absolute Gasteiger partial charge is 0.480 e. The highest BCUT2D eigenvalue weighted by Gasteiger charge is 2.18. The van der Waals surface area contributed by atoms with Crippen molar-refractivity contribution in [1.29, 1.82) is 0 Å². The maximum Gasteiger partial charge on any atom is 0.322 e. The first kappa shape index (κ1) is 14.9. The topological polar surface area (TPSA) is 95.5 Å². The van der Waals surface area contributed by atoms with Gasteiger partial charge in [-0.25, -0.2) is 0 Å². The van der Waals surface area contributed by atoms with Crippen molar-refractivity contribution in [2.45, 2.75) is 18.7 Å². The summed E-state index contributed by atoms with van der Waals surface area (Å²) in [4.78, 5) is 32.2. The molecule has 92 valence electrons. The van der Waals surface area contributed by atoms with Crippen LogP contribution in [0.4, 0.5) is 0 Å². The predicted molar refractivity (Wildman–Crippen MR) is 61.2 cm³/mol. The van der Waals surface area contributed by atoms with Gasteiger partial charge >= 0.3 is 5.97 Å². The summed E-state index contributed by atoms with van der Waals surface area (Å²) in [6.07, 6.45) is 0. The van der Waals surface area contributed by atoms with Crippen molar-refractivity contribution in [3.05, 3.63) is 0 Å². The van der Waals surface area contributed by atoms with Crippen LogP contribution in [-0.2, 0) is 14.4 Å². The van der Waals surface area contributed by atoms with Crippen molar-refractivity contribution in [2.24, 2.45) is 5.92 Å². The molecule has 6 nitrogen and oxygen atoms in total. The van der Waals surface area contributed by atoms with Gasteiger partial charge in [0.25, 0.3) is 0 Å². The molecule has 2 amide bonds. The van der Waals surface area contributed by atoms with E-state index in [0.29, 0.717) is 0 Å². The van der Waals surface area contributed by atoms with Crippen LogP contribution in [-0.4, -0.2) is 40.8 Å². The second kappa shape index (κ2) is 7.21. The molecule has 0 fully saturated rings. The Bertz CT molecular complexity index is 281. The van der Waals surface area contributed by atoms with Crippen LogP contribution in [0.15, 0.2) is 0 Å². The third kappa shape index (κ3) is 6.39. The fourth-order valence-electron chi connectivity index (χ4n) is 0.804. The monoisotopic (exact) mass is 294 g/mol. The molecule has 0 aliphatic carbocycles. The number of nitrogens with one attached hydrogen (secondary N) is 2. The predicted octanol–water partition coefficient (Wildman–Crippen LogP) is -0.277. The fraction of sp³-hybridized carbons (Fsp3) is 0.667. The number of hydrogen-bond donors (Lipinski definition) is 3. The van der Waals surface area contributed by atoms with Crippen molar-refractivity contribution < 1.29 is 19.5 Å². The van der Waals surface area contributed by atoms with Crippen molar-refractivity contribution in [2.75, 3.05) is 13.1 Å². The molecule has 0 aliphatic heterocycles. The number of carbonyl (C=O) groups is 3. The van der Waals surface area contributed by atoms with E-state index in [1.54, 1.807) is 0 Å². The van der Waals surface area contributed by atoms with Gasteiger partial charge in [0.05, 0.1) is 11.4 Å². The summed E-state index contributed by atoms with van der Waals surface area (Å²) in [6.45, 7) is 3.06. The Morgan fingerprint density at radius 1 is 1.19 bits per heavy atom. The molecule has 0 aliphatic rings. The number of hydrogen-bond acceptors (Lipinski definition) is 3. The number of carboxylic acid groups (broad SMARTS) is 1. The lowest BCUT2D eigenvalue weighted by molar-refractivity contribution is -0.137. The quantitative estimate of drug-likeness (QED) is 0.587. The number of carboxylic acids is 1. The highest BCUT2D eigenvalue weighted by atomic mass is 79.9. The smallest absolute Gasteiger partial charge is 0.322 e. The molecular weight excluding hydrogens is 280 g/mol. The average molecular weight is 295 g/mol. The van der Waals surface area contributed by atoms with Gasteiger partial charge in [-0.15, -0.1) is 0 Å². The molecule has 0 heterocycles. The molecule has 0 aromatic carbocycles. The van der Waals surface area contributed by atoms with Crippen LogP contribution in [0.3, 0.4) is 0 Å². The molecule has 0 aromatic heterocycles. The van der Waals surface area contributed by atoms with Crippen molar-refractivity contribution in [3.8, 4) is 0 Å². The van der Waals surface area contributed by atoms with E-state index in [9.17, 15) is 14.4 Å². The van der Waals surface area contributed by atoms with Crippen LogP contribution in [0.2, 0.25) is 0 Å². The Balaban J connectivity index is 3.83. The van der Waals surface area contributed by atoms with Crippen LogP contribution in [0.1, 0.15) is 13.8 Å². The number of halogens is 1. The van der Waals surface area contributed by atoms with E-state index in [4.69, 9.17) is 5.11 Å². The molecule has 0 radical (unpaired) electrons. The maximum absolute atomic E-state index is 11.4. The van der Waals surface area contributed by atoms with Gasteiger partial charge in [0.2, 0.25) is 11.8 Å². The fourth-order valence-corrected chi connectivity index (χ4v) is 0.966. The third-order valence-electron chi connectivity index (χ3n) is 1.70. The zero-order valence-electron chi connectivity index (χ0n) is 9.12. The van der Waals surface area contributed by atoms with E-state index < -0.39 is 18.4 Å². The minimum absolute atomic E-state index is 0.113. The molecule has 0 bridgehead atoms. The van der Waals surface area contributed by atoms with Gasteiger partial charge in [0.1, 0.15) is 6.54 Å². The van der Waals surface area contributed by atoms with E-state index in [0.717, 1.165) is 0 Å². The van der Waals surface area contributed by atoms with E-state index >= 15 is 0 Å². The van der Waals surface area contributed by atoms with Gasteiger partial charge in [-0.05, 0) is 5.92 Å². The molecule has 0 aromatic rings. The number of amides is 2. The molecule has 0 saturated heterocycles. The lowest BCUT2D eigenvalue weighted by Gasteiger charge is -2.13. The summed E-state index contributed by atoms with van der Waals surface area (Å²) in [7, 11) is 0. The van der Waals surface area contributed by atoms with Gasteiger partial charge in [-0.2, -0.15) is 0 Å². The van der Waals surface area contributed by atoms with Crippen LogP contribution >= 0.6 is 15.9 Å². The minimum atomic E-state index is -1.12. The molecular formula is C9H15BrN2O4. The summed E-state index contributed by atoms with van der Waals surface area (Å²) < 4.78 is 0. The Morgan fingerprint density at radius 2 is 1.75 bits per heavy atom. The first-order chi connectivity index (χ1) is 7.34. The highest BCUT2D eigenvalue weighted by Crippen LogP contribution is 2.11. The second-order valence-corrected chi connectivity index (χ2v) is 4.52. The maximum atomic E-state index is 11.4. The van der Waals surface area contributed by atoms with Gasteiger partial charge in [-0.1, -0.05) is 29.8 Å². The number of alkyl halides is 1. The van der Waals surface area contributed by atoms with Gasteiger partial charge in [0.15, 0.2) is 0 Å². The molecule has 1 atom stereocenters. The summed E-state index contributed by atoms with van der Waals surface area (Å²) in [5.41, 5.74) is 0. The molecule has 16 heavy (non-hydrogen) atoms. The lowest BCUT2D eigenvalue weighted by atomic mass is 10.1. The standard InChI is InChI=1S/C9H15BrN2O4/c1-5(2)8(10)9(16)12-3-6(13)11-4-7(14)15/h5,8H,3-4H2,1-2H3,(H,11,13)(H,12,16)(H,14,15)/t8-/m0/s1. The Kier molecular flexibility index (Phi) is 6.71. The van der Waals surface area contributed by atoms with Crippen LogP contribution in [0.25, 0.3) is 0 Å². The average Bonchev–Trinajstić information content (AvgIpc) is 2.21. The van der Waals surface area contributed by atoms with Crippen molar-refractivity contribution >= 4 is 33.7 Å². The molecule has 0 saturated carbocycles. The lowest BCUT2D eigenvalue weighted by Crippen LogP contribution is -2.42. The second-order valence-electron chi connectivity index (χ2n) is 3.53. The van der Waals surface area contributed by atoms with E-state index in [1.807, 2.05) is 13.8 Å². The van der Waals surface area contributed by atoms with E-state index in [-0.39, 0.29) is 23.2 Å². The van der Waals surface area contributed by atoms with E-state index in [1.165, 1.54) is 0 Å². The number of carbonyl (C=O) groups excluding carboxylic acids is 2. The number of aliphatic carboxylic acids is 1. The zero-order valence-corrected chi connectivity index (χ0v) is 10.7. The normalized spacial score (nSPS) is 12.0. The van der Waals surface area contributed by atoms with Crippen LogP contribution in [0, 0.1) is 5.92 Å². The van der Waals surface area contributed by atoms with Gasteiger partial charge < -0.3 is 15.7 Å². The summed E-state index contributed by atoms with van der Waals surface area (Å²) in [5, 5.41) is 12.8. The third-order valence-corrected chi connectivity index (χ3v) is 3.17. The van der Waals surface area contributed by atoms with Gasteiger partial charge in [0, 0.05) is 0 Å². The van der Waals surface area contributed by atoms with Gasteiger partial charge in [-0.3, -0.25) is 14.4 Å². The Hall–Kier alpha value is -1.11. The summed E-state index contributed by atoms with van der Waals surface area (Å²) >= 11 is 3.18.